The van der Waals surface area contributed by atoms with E-state index in [-0.39, 0.29) is 0 Å². The third-order valence-electron chi connectivity index (χ3n) is 2.55. The lowest BCUT2D eigenvalue weighted by Crippen LogP contribution is -2.51. The molecule has 0 aromatic heterocycles. The highest BCUT2D eigenvalue weighted by Crippen LogP contribution is 2.04. The lowest BCUT2D eigenvalue weighted by molar-refractivity contribution is 0.165. The van der Waals surface area contributed by atoms with Crippen LogP contribution in [-0.4, -0.2) is 55.5 Å². The van der Waals surface area contributed by atoms with Crippen molar-refractivity contribution in [2.75, 3.05) is 39.8 Å². The highest BCUT2D eigenvalue weighted by Gasteiger charge is 2.17. The van der Waals surface area contributed by atoms with Gasteiger partial charge >= 0.3 is 0 Å². The second kappa shape index (κ2) is 5.20. The van der Waals surface area contributed by atoms with Crippen molar-refractivity contribution in [2.45, 2.75) is 13.8 Å². The van der Waals surface area contributed by atoms with Crippen molar-refractivity contribution >= 4 is 5.96 Å². The Labute approximate surface area is 86.8 Å². The zero-order valence-electron chi connectivity index (χ0n) is 9.53. The third-order valence-corrected chi connectivity index (χ3v) is 2.55. The molecule has 0 unspecified atom stereocenters. The van der Waals surface area contributed by atoms with Crippen molar-refractivity contribution in [3.8, 4) is 0 Å². The van der Waals surface area contributed by atoms with Crippen LogP contribution < -0.4 is 5.73 Å². The van der Waals surface area contributed by atoms with E-state index in [1.807, 2.05) is 0 Å². The monoisotopic (exact) mass is 198 g/mol. The molecule has 4 nitrogen and oxygen atoms in total. The van der Waals surface area contributed by atoms with Crippen LogP contribution >= 0.6 is 0 Å². The van der Waals surface area contributed by atoms with Crippen LogP contribution in [0.1, 0.15) is 13.8 Å². The molecule has 0 spiro atoms. The Bertz CT molecular complexity index is 192. The fourth-order valence-corrected chi connectivity index (χ4v) is 1.82. The van der Waals surface area contributed by atoms with E-state index in [1.54, 1.807) is 7.05 Å². The Hall–Kier alpha value is -0.770. The van der Waals surface area contributed by atoms with Gasteiger partial charge in [-0.2, -0.15) is 0 Å². The zero-order valence-corrected chi connectivity index (χ0v) is 9.53. The number of nitrogens with zero attached hydrogens (tertiary/aromatic N) is 3. The maximum atomic E-state index is 5.75. The number of piperazine rings is 1. The van der Waals surface area contributed by atoms with Crippen LogP contribution in [0.15, 0.2) is 4.99 Å². The molecule has 0 bridgehead atoms. The summed E-state index contributed by atoms with van der Waals surface area (Å²) >= 11 is 0. The van der Waals surface area contributed by atoms with E-state index in [1.165, 1.54) is 6.54 Å². The second-order valence-corrected chi connectivity index (χ2v) is 4.26. The van der Waals surface area contributed by atoms with E-state index >= 15 is 0 Å². The maximum absolute atomic E-state index is 5.75. The van der Waals surface area contributed by atoms with Gasteiger partial charge in [0.2, 0.25) is 0 Å². The normalized spacial score (nSPS) is 20.6. The molecule has 1 heterocycles. The molecule has 1 aliphatic heterocycles. The molecule has 0 radical (unpaired) electrons. The number of nitrogens with two attached hydrogens (primary N) is 1. The second-order valence-electron chi connectivity index (χ2n) is 4.26. The van der Waals surface area contributed by atoms with Crippen LogP contribution in [0.3, 0.4) is 0 Å². The van der Waals surface area contributed by atoms with E-state index in [9.17, 15) is 0 Å². The van der Waals surface area contributed by atoms with Crippen LogP contribution in [0.2, 0.25) is 0 Å². The molecule has 0 aliphatic carbocycles. The van der Waals surface area contributed by atoms with Crippen LogP contribution in [0.4, 0.5) is 0 Å². The lowest BCUT2D eigenvalue weighted by atomic mass is 10.2. The van der Waals surface area contributed by atoms with Gasteiger partial charge in [-0.15, -0.1) is 0 Å². The van der Waals surface area contributed by atoms with Crippen molar-refractivity contribution in [1.82, 2.24) is 9.80 Å². The van der Waals surface area contributed by atoms with Gasteiger partial charge in [0.25, 0.3) is 0 Å². The molecule has 0 saturated carbocycles. The summed E-state index contributed by atoms with van der Waals surface area (Å²) in [5.74, 6) is 1.42. The molecule has 0 aromatic rings. The fourth-order valence-electron chi connectivity index (χ4n) is 1.82. The number of hydrogen-bond acceptors (Lipinski definition) is 2. The average molecular weight is 198 g/mol. The number of hydrogen-bond donors (Lipinski definition) is 1. The summed E-state index contributed by atoms with van der Waals surface area (Å²) in [6.45, 7) is 9.94. The van der Waals surface area contributed by atoms with Gasteiger partial charge in [0, 0.05) is 39.8 Å². The highest BCUT2D eigenvalue weighted by molar-refractivity contribution is 5.77. The Kier molecular flexibility index (Phi) is 4.20. The molecule has 0 aromatic carbocycles. The molecule has 14 heavy (non-hydrogen) atoms. The number of aliphatic imine (C=N–C) groups is 1. The summed E-state index contributed by atoms with van der Waals surface area (Å²) in [6, 6.07) is 0. The summed E-state index contributed by atoms with van der Waals surface area (Å²) < 4.78 is 0. The lowest BCUT2D eigenvalue weighted by Gasteiger charge is -2.35. The molecule has 1 fully saturated rings. The molecule has 2 N–H and O–H groups in total. The van der Waals surface area contributed by atoms with Crippen molar-refractivity contribution in [3.63, 3.8) is 0 Å². The van der Waals surface area contributed by atoms with Crippen molar-refractivity contribution in [2.24, 2.45) is 16.6 Å². The van der Waals surface area contributed by atoms with Crippen molar-refractivity contribution < 1.29 is 0 Å². The number of guanidine groups is 1. The molecular formula is C10H22N4. The highest BCUT2D eigenvalue weighted by atomic mass is 15.3. The SMILES string of the molecule is CN=C(N)N1CCN(CC(C)C)CC1. The summed E-state index contributed by atoms with van der Waals surface area (Å²) in [5, 5.41) is 0. The van der Waals surface area contributed by atoms with Crippen molar-refractivity contribution in [3.05, 3.63) is 0 Å². The largest absolute Gasteiger partial charge is 0.370 e. The van der Waals surface area contributed by atoms with E-state index < -0.39 is 0 Å². The molecule has 82 valence electrons. The minimum atomic E-state index is 0.675. The standard InChI is InChI=1S/C10H22N4/c1-9(2)8-13-4-6-14(7-5-13)10(11)12-3/h9H,4-8H2,1-3H3,(H2,11,12). The van der Waals surface area contributed by atoms with Crippen LogP contribution in [-0.2, 0) is 0 Å². The summed E-state index contributed by atoms with van der Waals surface area (Å²) in [5.41, 5.74) is 5.75. The molecular weight excluding hydrogens is 176 g/mol. The van der Waals surface area contributed by atoms with Gasteiger partial charge in [0.15, 0.2) is 5.96 Å². The van der Waals surface area contributed by atoms with Gasteiger partial charge < -0.3 is 10.6 Å². The summed E-state index contributed by atoms with van der Waals surface area (Å²) in [7, 11) is 1.75. The summed E-state index contributed by atoms with van der Waals surface area (Å²) in [6.07, 6.45) is 0. The maximum Gasteiger partial charge on any atom is 0.191 e. The molecule has 0 atom stereocenters. The van der Waals surface area contributed by atoms with E-state index in [0.717, 1.165) is 32.1 Å². The average Bonchev–Trinajstić information content (AvgIpc) is 2.17. The van der Waals surface area contributed by atoms with E-state index in [4.69, 9.17) is 5.73 Å². The van der Waals surface area contributed by atoms with Gasteiger partial charge in [-0.05, 0) is 5.92 Å². The van der Waals surface area contributed by atoms with Gasteiger partial charge in [0.05, 0.1) is 0 Å². The molecule has 1 aliphatic rings. The van der Waals surface area contributed by atoms with Crippen LogP contribution in [0.25, 0.3) is 0 Å². The quantitative estimate of drug-likeness (QED) is 0.509. The minimum Gasteiger partial charge on any atom is -0.370 e. The fraction of sp³-hybridized carbons (Fsp3) is 0.900. The van der Waals surface area contributed by atoms with Crippen LogP contribution in [0.5, 0.6) is 0 Å². The molecule has 1 saturated heterocycles. The third kappa shape index (κ3) is 3.18. The first-order valence-electron chi connectivity index (χ1n) is 5.33. The first-order valence-corrected chi connectivity index (χ1v) is 5.33. The zero-order chi connectivity index (χ0) is 10.6. The smallest absolute Gasteiger partial charge is 0.191 e. The first-order chi connectivity index (χ1) is 6.63. The Morgan fingerprint density at radius 1 is 1.29 bits per heavy atom. The summed E-state index contributed by atoms with van der Waals surface area (Å²) in [4.78, 5) is 8.64. The van der Waals surface area contributed by atoms with E-state index in [0.29, 0.717) is 5.96 Å². The molecule has 0 amide bonds. The Morgan fingerprint density at radius 3 is 2.29 bits per heavy atom. The molecule has 4 heteroatoms. The van der Waals surface area contributed by atoms with E-state index in [2.05, 4.69) is 28.6 Å². The first kappa shape index (κ1) is 11.3. The Balaban J connectivity index is 2.31. The minimum absolute atomic E-state index is 0.675. The van der Waals surface area contributed by atoms with Gasteiger partial charge in [-0.1, -0.05) is 13.8 Å². The van der Waals surface area contributed by atoms with Crippen molar-refractivity contribution in [1.29, 1.82) is 0 Å². The topological polar surface area (TPSA) is 44.9 Å². The molecule has 1 rings (SSSR count). The predicted octanol–water partition coefficient (Wildman–Crippen LogP) is 0.205. The van der Waals surface area contributed by atoms with Gasteiger partial charge in [-0.25, -0.2) is 0 Å². The van der Waals surface area contributed by atoms with Gasteiger partial charge in [0.1, 0.15) is 0 Å². The van der Waals surface area contributed by atoms with Gasteiger partial charge in [-0.3, -0.25) is 9.89 Å². The predicted molar refractivity (Wildman–Crippen MR) is 60.4 cm³/mol. The Morgan fingerprint density at radius 2 is 1.86 bits per heavy atom. The van der Waals surface area contributed by atoms with Crippen LogP contribution in [0, 0.1) is 5.92 Å². The number of rotatable bonds is 2.